The van der Waals surface area contributed by atoms with E-state index in [2.05, 4.69) is 20.7 Å². The summed E-state index contributed by atoms with van der Waals surface area (Å²) in [4.78, 5) is 6.39. The predicted molar refractivity (Wildman–Crippen MR) is 85.2 cm³/mol. The van der Waals surface area contributed by atoms with Gasteiger partial charge in [-0.25, -0.2) is 0 Å². The van der Waals surface area contributed by atoms with E-state index in [4.69, 9.17) is 0 Å². The summed E-state index contributed by atoms with van der Waals surface area (Å²) in [6, 6.07) is 10.9. The largest absolute Gasteiger partial charge is 0.434 e. The highest BCUT2D eigenvalue weighted by atomic mass is 19.3. The summed E-state index contributed by atoms with van der Waals surface area (Å²) < 4.78 is 29.6. The van der Waals surface area contributed by atoms with Crippen LogP contribution in [0.25, 0.3) is 5.57 Å². The van der Waals surface area contributed by atoms with Crippen molar-refractivity contribution in [1.29, 1.82) is 0 Å². The number of ether oxygens (including phenoxy) is 1. The average molecular weight is 316 g/mol. The zero-order chi connectivity index (χ0) is 16.1. The second-order valence-corrected chi connectivity index (χ2v) is 5.46. The van der Waals surface area contributed by atoms with Crippen LogP contribution in [0.15, 0.2) is 54.9 Å². The maximum absolute atomic E-state index is 12.5. The van der Waals surface area contributed by atoms with Crippen molar-refractivity contribution in [2.45, 2.75) is 19.6 Å². The average Bonchev–Trinajstić information content (AvgIpc) is 2.57. The highest BCUT2D eigenvalue weighted by molar-refractivity contribution is 5.66. The molecule has 1 aliphatic rings. The Balaban J connectivity index is 1.71. The van der Waals surface area contributed by atoms with Gasteiger partial charge in [-0.05, 0) is 29.7 Å². The maximum Gasteiger partial charge on any atom is 0.387 e. The van der Waals surface area contributed by atoms with Crippen molar-refractivity contribution in [1.82, 2.24) is 9.88 Å². The molecule has 0 amide bonds. The highest BCUT2D eigenvalue weighted by Gasteiger charge is 2.17. The van der Waals surface area contributed by atoms with Crippen LogP contribution in [0.5, 0.6) is 5.75 Å². The molecule has 0 unspecified atom stereocenters. The lowest BCUT2D eigenvalue weighted by Crippen LogP contribution is -2.29. The molecule has 3 rings (SSSR count). The second kappa shape index (κ2) is 7.33. The molecule has 5 heteroatoms. The van der Waals surface area contributed by atoms with E-state index in [-0.39, 0.29) is 5.75 Å². The Morgan fingerprint density at radius 1 is 1.17 bits per heavy atom. The zero-order valence-corrected chi connectivity index (χ0v) is 12.7. The molecular formula is C18H18F2N2O. The molecule has 2 heterocycles. The predicted octanol–water partition coefficient (Wildman–Crippen LogP) is 3.97. The SMILES string of the molecule is FC(F)Oc1ccccc1CN1CCC=C(c2cccnc2)C1. The smallest absolute Gasteiger partial charge is 0.387 e. The Hall–Kier alpha value is -2.27. The number of hydrogen-bond acceptors (Lipinski definition) is 3. The fraction of sp³-hybridized carbons (Fsp3) is 0.278. The summed E-state index contributed by atoms with van der Waals surface area (Å²) in [5, 5.41) is 0. The van der Waals surface area contributed by atoms with Crippen LogP contribution in [-0.2, 0) is 6.54 Å². The molecule has 0 saturated carbocycles. The summed E-state index contributed by atoms with van der Waals surface area (Å²) in [6.07, 6.45) is 6.75. The standard InChI is InChI=1S/C18H18F2N2O/c19-18(20)23-17-8-2-1-5-16(17)13-22-10-4-7-15(12-22)14-6-3-9-21-11-14/h1-3,5-9,11,18H,4,10,12-13H2. The number of nitrogens with zero attached hydrogens (tertiary/aromatic N) is 2. The second-order valence-electron chi connectivity index (χ2n) is 5.46. The van der Waals surface area contributed by atoms with Crippen molar-refractivity contribution in [3.8, 4) is 5.75 Å². The highest BCUT2D eigenvalue weighted by Crippen LogP contribution is 2.25. The van der Waals surface area contributed by atoms with Gasteiger partial charge in [0, 0.05) is 37.6 Å². The summed E-state index contributed by atoms with van der Waals surface area (Å²) in [6.45, 7) is -0.550. The van der Waals surface area contributed by atoms with Gasteiger partial charge in [0.2, 0.25) is 0 Å². The van der Waals surface area contributed by atoms with Gasteiger partial charge in [-0.3, -0.25) is 9.88 Å². The first kappa shape index (κ1) is 15.6. The van der Waals surface area contributed by atoms with Gasteiger partial charge in [-0.15, -0.1) is 0 Å². The fourth-order valence-electron chi connectivity index (χ4n) is 2.79. The van der Waals surface area contributed by atoms with Crippen LogP contribution in [0.3, 0.4) is 0 Å². The van der Waals surface area contributed by atoms with Crippen LogP contribution in [0, 0.1) is 0 Å². The van der Waals surface area contributed by atoms with E-state index in [0.717, 1.165) is 30.6 Å². The van der Waals surface area contributed by atoms with Crippen LogP contribution in [0.2, 0.25) is 0 Å². The Morgan fingerprint density at radius 2 is 2.04 bits per heavy atom. The summed E-state index contributed by atoms with van der Waals surface area (Å²) in [5.74, 6) is 0.250. The Kier molecular flexibility index (Phi) is 4.98. The molecule has 120 valence electrons. The fourth-order valence-corrected chi connectivity index (χ4v) is 2.79. The van der Waals surface area contributed by atoms with Gasteiger partial charge < -0.3 is 4.74 Å². The van der Waals surface area contributed by atoms with E-state index in [0.29, 0.717) is 6.54 Å². The molecule has 0 N–H and O–H groups in total. The van der Waals surface area contributed by atoms with Crippen molar-refractivity contribution in [2.24, 2.45) is 0 Å². The van der Waals surface area contributed by atoms with Crippen LogP contribution < -0.4 is 4.74 Å². The third-order valence-electron chi connectivity index (χ3n) is 3.84. The molecule has 1 aliphatic heterocycles. The quantitative estimate of drug-likeness (QED) is 0.834. The molecule has 1 aromatic carbocycles. The minimum atomic E-state index is -2.80. The number of alkyl halides is 2. The molecule has 1 aromatic heterocycles. The van der Waals surface area contributed by atoms with Gasteiger partial charge in [0.05, 0.1) is 0 Å². The van der Waals surface area contributed by atoms with Gasteiger partial charge in [0.1, 0.15) is 5.75 Å². The van der Waals surface area contributed by atoms with Gasteiger partial charge in [0.25, 0.3) is 0 Å². The van der Waals surface area contributed by atoms with E-state index in [1.165, 1.54) is 5.57 Å². The molecule has 3 nitrogen and oxygen atoms in total. The Bertz CT molecular complexity index is 674. The van der Waals surface area contributed by atoms with E-state index < -0.39 is 6.61 Å². The first-order chi connectivity index (χ1) is 11.2. The molecule has 2 aromatic rings. The van der Waals surface area contributed by atoms with Crippen molar-refractivity contribution >= 4 is 5.57 Å². The number of benzene rings is 1. The lowest BCUT2D eigenvalue weighted by atomic mass is 10.0. The van der Waals surface area contributed by atoms with Crippen molar-refractivity contribution in [2.75, 3.05) is 13.1 Å². The summed E-state index contributed by atoms with van der Waals surface area (Å²) >= 11 is 0. The minimum absolute atomic E-state index is 0.250. The van der Waals surface area contributed by atoms with E-state index >= 15 is 0 Å². The first-order valence-corrected chi connectivity index (χ1v) is 7.57. The molecule has 0 saturated heterocycles. The number of hydrogen-bond donors (Lipinski definition) is 0. The number of halogens is 2. The molecule has 0 aliphatic carbocycles. The van der Waals surface area contributed by atoms with E-state index in [1.54, 1.807) is 18.3 Å². The maximum atomic E-state index is 12.5. The molecule has 0 spiro atoms. The molecule has 0 atom stereocenters. The molecule has 0 bridgehead atoms. The van der Waals surface area contributed by atoms with E-state index in [9.17, 15) is 8.78 Å². The minimum Gasteiger partial charge on any atom is -0.434 e. The van der Waals surface area contributed by atoms with Crippen molar-refractivity contribution < 1.29 is 13.5 Å². The van der Waals surface area contributed by atoms with Gasteiger partial charge in [-0.1, -0.05) is 30.3 Å². The summed E-state index contributed by atoms with van der Waals surface area (Å²) in [5.41, 5.74) is 3.10. The van der Waals surface area contributed by atoms with Crippen molar-refractivity contribution in [3.63, 3.8) is 0 Å². The summed E-state index contributed by atoms with van der Waals surface area (Å²) in [7, 11) is 0. The first-order valence-electron chi connectivity index (χ1n) is 7.57. The van der Waals surface area contributed by atoms with Gasteiger partial charge in [0.15, 0.2) is 0 Å². The number of para-hydroxylation sites is 1. The van der Waals surface area contributed by atoms with E-state index in [1.807, 2.05) is 30.5 Å². The lowest BCUT2D eigenvalue weighted by Gasteiger charge is -2.28. The van der Waals surface area contributed by atoms with Crippen LogP contribution in [-0.4, -0.2) is 29.6 Å². The zero-order valence-electron chi connectivity index (χ0n) is 12.7. The molecule has 0 radical (unpaired) electrons. The van der Waals surface area contributed by atoms with Gasteiger partial charge >= 0.3 is 6.61 Å². The number of rotatable bonds is 5. The third kappa shape index (κ3) is 4.13. The number of pyridine rings is 1. The molecular weight excluding hydrogens is 298 g/mol. The Morgan fingerprint density at radius 3 is 2.83 bits per heavy atom. The van der Waals surface area contributed by atoms with Crippen LogP contribution >= 0.6 is 0 Å². The monoisotopic (exact) mass is 316 g/mol. The lowest BCUT2D eigenvalue weighted by molar-refractivity contribution is -0.0507. The van der Waals surface area contributed by atoms with Crippen LogP contribution in [0.1, 0.15) is 17.5 Å². The van der Waals surface area contributed by atoms with Gasteiger partial charge in [-0.2, -0.15) is 8.78 Å². The molecule has 0 fully saturated rings. The Labute approximate surface area is 134 Å². The van der Waals surface area contributed by atoms with Crippen molar-refractivity contribution in [3.05, 3.63) is 66.0 Å². The molecule has 23 heavy (non-hydrogen) atoms. The normalized spacial score (nSPS) is 15.5. The van der Waals surface area contributed by atoms with Crippen LogP contribution in [0.4, 0.5) is 8.78 Å². The third-order valence-corrected chi connectivity index (χ3v) is 3.84. The number of aromatic nitrogens is 1. The topological polar surface area (TPSA) is 25.4 Å².